The Kier molecular flexibility index (Phi) is 2.15. The summed E-state index contributed by atoms with van der Waals surface area (Å²) >= 11 is 1.77. The van der Waals surface area contributed by atoms with E-state index in [1.807, 2.05) is 13.8 Å². The Bertz CT molecular complexity index is 384. The number of hydrogen-bond acceptors (Lipinski definition) is 2. The Labute approximate surface area is 82.1 Å². The van der Waals surface area contributed by atoms with Crippen LogP contribution in [-0.2, 0) is 0 Å². The van der Waals surface area contributed by atoms with Crippen molar-refractivity contribution in [2.45, 2.75) is 13.8 Å². The summed E-state index contributed by atoms with van der Waals surface area (Å²) in [6.45, 7) is 4.06. The molecule has 2 heterocycles. The van der Waals surface area contributed by atoms with E-state index < -0.39 is 0 Å². The van der Waals surface area contributed by atoms with Gasteiger partial charge in [0.15, 0.2) is 0 Å². The van der Waals surface area contributed by atoms with Gasteiger partial charge in [-0.3, -0.25) is 4.98 Å². The third-order valence-corrected chi connectivity index (χ3v) is 2.81. The van der Waals surface area contributed by atoms with Gasteiger partial charge in [0.25, 0.3) is 0 Å². The number of pyridine rings is 1. The van der Waals surface area contributed by atoms with Gasteiger partial charge in [0, 0.05) is 16.3 Å². The predicted octanol–water partition coefficient (Wildman–Crippen LogP) is 3.43. The molecule has 0 spiro atoms. The van der Waals surface area contributed by atoms with Gasteiger partial charge in [0.1, 0.15) is 0 Å². The molecule has 66 valence electrons. The number of aryl methyl sites for hydroxylation is 2. The number of aromatic nitrogens is 1. The van der Waals surface area contributed by atoms with Crippen molar-refractivity contribution in [2.24, 2.45) is 0 Å². The molecule has 2 heteroatoms. The second-order valence-electron chi connectivity index (χ2n) is 3.12. The molecule has 0 aliphatic heterocycles. The molecular weight excluding hydrogens is 178 g/mol. The van der Waals surface area contributed by atoms with Crippen molar-refractivity contribution in [3.05, 3.63) is 41.0 Å². The summed E-state index contributed by atoms with van der Waals surface area (Å²) in [6.07, 6.45) is 0. The summed E-state index contributed by atoms with van der Waals surface area (Å²) in [4.78, 5) is 5.66. The van der Waals surface area contributed by atoms with Crippen LogP contribution in [0, 0.1) is 13.8 Å². The van der Waals surface area contributed by atoms with E-state index in [1.54, 1.807) is 11.3 Å². The molecule has 0 bridgehead atoms. The van der Waals surface area contributed by atoms with Gasteiger partial charge in [-0.05, 0) is 43.0 Å². The monoisotopic (exact) mass is 189 g/mol. The van der Waals surface area contributed by atoms with Gasteiger partial charge >= 0.3 is 0 Å². The summed E-state index contributed by atoms with van der Waals surface area (Å²) < 4.78 is 0. The molecule has 0 atom stereocenters. The minimum absolute atomic E-state index is 1.09. The fourth-order valence-corrected chi connectivity index (χ4v) is 2.13. The quantitative estimate of drug-likeness (QED) is 0.669. The first-order chi connectivity index (χ1) is 6.25. The Hall–Kier alpha value is -1.15. The lowest BCUT2D eigenvalue weighted by molar-refractivity contribution is 1.13. The van der Waals surface area contributed by atoms with Crippen LogP contribution in [0.1, 0.15) is 11.4 Å². The Morgan fingerprint density at radius 3 is 2.38 bits per heavy atom. The van der Waals surface area contributed by atoms with Crippen molar-refractivity contribution in [3.8, 4) is 10.4 Å². The standard InChI is InChI=1S/C11H11NS/c1-8-6-10(7-9(2)12-8)11-4-3-5-13-11/h3-7H,1-2H3. The van der Waals surface area contributed by atoms with E-state index in [2.05, 4.69) is 34.6 Å². The van der Waals surface area contributed by atoms with E-state index in [4.69, 9.17) is 0 Å². The zero-order valence-electron chi connectivity index (χ0n) is 7.74. The lowest BCUT2D eigenvalue weighted by Crippen LogP contribution is -1.86. The largest absolute Gasteiger partial charge is 0.258 e. The van der Waals surface area contributed by atoms with Crippen LogP contribution in [0.2, 0.25) is 0 Å². The van der Waals surface area contributed by atoms with E-state index in [-0.39, 0.29) is 0 Å². The third kappa shape index (κ3) is 1.78. The molecule has 13 heavy (non-hydrogen) atoms. The molecule has 0 unspecified atom stereocenters. The Balaban J connectivity index is 2.53. The number of thiophene rings is 1. The average molecular weight is 189 g/mol. The van der Waals surface area contributed by atoms with Gasteiger partial charge in [-0.15, -0.1) is 11.3 Å². The van der Waals surface area contributed by atoms with Crippen LogP contribution < -0.4 is 0 Å². The van der Waals surface area contributed by atoms with Crippen LogP contribution in [-0.4, -0.2) is 4.98 Å². The smallest absolute Gasteiger partial charge is 0.0382 e. The minimum atomic E-state index is 1.09. The number of hydrogen-bond donors (Lipinski definition) is 0. The summed E-state index contributed by atoms with van der Waals surface area (Å²) in [7, 11) is 0. The fraction of sp³-hybridized carbons (Fsp3) is 0.182. The number of nitrogens with zero attached hydrogens (tertiary/aromatic N) is 1. The highest BCUT2D eigenvalue weighted by Crippen LogP contribution is 2.25. The normalized spacial score (nSPS) is 10.3. The fourth-order valence-electron chi connectivity index (χ4n) is 1.42. The SMILES string of the molecule is Cc1cc(-c2cccs2)cc(C)n1. The van der Waals surface area contributed by atoms with Gasteiger partial charge in [-0.2, -0.15) is 0 Å². The van der Waals surface area contributed by atoms with Gasteiger partial charge in [0.2, 0.25) is 0 Å². The molecule has 0 aliphatic rings. The van der Waals surface area contributed by atoms with E-state index in [9.17, 15) is 0 Å². The molecule has 0 saturated carbocycles. The maximum Gasteiger partial charge on any atom is 0.0382 e. The highest BCUT2D eigenvalue weighted by atomic mass is 32.1. The maximum atomic E-state index is 4.35. The van der Waals surface area contributed by atoms with Crippen LogP contribution in [0.15, 0.2) is 29.6 Å². The zero-order chi connectivity index (χ0) is 9.26. The third-order valence-electron chi connectivity index (χ3n) is 1.89. The van der Waals surface area contributed by atoms with Gasteiger partial charge in [0.05, 0.1) is 0 Å². The maximum absolute atomic E-state index is 4.35. The highest BCUT2D eigenvalue weighted by molar-refractivity contribution is 7.13. The average Bonchev–Trinajstić information content (AvgIpc) is 2.53. The Morgan fingerprint density at radius 1 is 1.15 bits per heavy atom. The summed E-state index contributed by atoms with van der Waals surface area (Å²) in [6, 6.07) is 8.46. The first kappa shape index (κ1) is 8.45. The van der Waals surface area contributed by atoms with Gasteiger partial charge < -0.3 is 0 Å². The van der Waals surface area contributed by atoms with Crippen LogP contribution in [0.4, 0.5) is 0 Å². The lowest BCUT2D eigenvalue weighted by atomic mass is 10.2. The summed E-state index contributed by atoms with van der Waals surface area (Å²) in [5.74, 6) is 0. The second kappa shape index (κ2) is 3.30. The van der Waals surface area contributed by atoms with Crippen molar-refractivity contribution in [2.75, 3.05) is 0 Å². The van der Waals surface area contributed by atoms with Crippen LogP contribution in [0.5, 0.6) is 0 Å². The molecule has 0 N–H and O–H groups in total. The molecule has 0 aromatic carbocycles. The van der Waals surface area contributed by atoms with Crippen LogP contribution >= 0.6 is 11.3 Å². The van der Waals surface area contributed by atoms with Crippen molar-refractivity contribution >= 4 is 11.3 Å². The topological polar surface area (TPSA) is 12.9 Å². The van der Waals surface area contributed by atoms with Crippen LogP contribution in [0.25, 0.3) is 10.4 Å². The summed E-state index contributed by atoms with van der Waals surface area (Å²) in [5.41, 5.74) is 3.45. The molecular formula is C11H11NS. The van der Waals surface area contributed by atoms with Gasteiger partial charge in [-0.1, -0.05) is 6.07 Å². The Morgan fingerprint density at radius 2 is 1.85 bits per heavy atom. The van der Waals surface area contributed by atoms with E-state index in [0.29, 0.717) is 0 Å². The number of rotatable bonds is 1. The first-order valence-electron chi connectivity index (χ1n) is 4.25. The highest BCUT2D eigenvalue weighted by Gasteiger charge is 2.00. The molecule has 2 aromatic heterocycles. The van der Waals surface area contributed by atoms with Crippen LogP contribution in [0.3, 0.4) is 0 Å². The molecule has 2 rings (SSSR count). The van der Waals surface area contributed by atoms with E-state index in [0.717, 1.165) is 11.4 Å². The minimum Gasteiger partial charge on any atom is -0.258 e. The van der Waals surface area contributed by atoms with Crippen molar-refractivity contribution < 1.29 is 0 Å². The van der Waals surface area contributed by atoms with Crippen molar-refractivity contribution in [3.63, 3.8) is 0 Å². The van der Waals surface area contributed by atoms with E-state index in [1.165, 1.54) is 10.4 Å². The lowest BCUT2D eigenvalue weighted by Gasteiger charge is -2.00. The summed E-state index contributed by atoms with van der Waals surface area (Å²) in [5, 5.41) is 2.10. The molecule has 2 aromatic rings. The molecule has 0 fully saturated rings. The molecule has 1 nitrogen and oxygen atoms in total. The predicted molar refractivity (Wildman–Crippen MR) is 57.0 cm³/mol. The van der Waals surface area contributed by atoms with Gasteiger partial charge in [-0.25, -0.2) is 0 Å². The second-order valence-corrected chi connectivity index (χ2v) is 4.06. The zero-order valence-corrected chi connectivity index (χ0v) is 8.56. The van der Waals surface area contributed by atoms with Crippen molar-refractivity contribution in [1.29, 1.82) is 0 Å². The first-order valence-corrected chi connectivity index (χ1v) is 5.13. The van der Waals surface area contributed by atoms with E-state index >= 15 is 0 Å². The molecule has 0 radical (unpaired) electrons. The van der Waals surface area contributed by atoms with Crippen molar-refractivity contribution in [1.82, 2.24) is 4.98 Å². The molecule has 0 aliphatic carbocycles. The molecule has 0 saturated heterocycles. The molecule has 0 amide bonds.